The summed E-state index contributed by atoms with van der Waals surface area (Å²) in [5.74, 6) is 0.289. The Labute approximate surface area is 120 Å². The van der Waals surface area contributed by atoms with Gasteiger partial charge in [0.2, 0.25) is 0 Å². The summed E-state index contributed by atoms with van der Waals surface area (Å²) in [5.41, 5.74) is 1.39. The van der Waals surface area contributed by atoms with E-state index in [2.05, 4.69) is 6.07 Å². The summed E-state index contributed by atoms with van der Waals surface area (Å²) in [6.07, 6.45) is 0. The summed E-state index contributed by atoms with van der Waals surface area (Å²) in [5, 5.41) is 18.6. The van der Waals surface area contributed by atoms with Crippen molar-refractivity contribution in [1.82, 2.24) is 0 Å². The van der Waals surface area contributed by atoms with E-state index < -0.39 is 0 Å². The fourth-order valence-electron chi connectivity index (χ4n) is 1.57. The number of rotatable bonds is 3. The molecule has 19 heavy (non-hydrogen) atoms. The first-order chi connectivity index (χ1) is 9.10. The maximum absolute atomic E-state index is 9.31. The van der Waals surface area contributed by atoms with E-state index in [0.29, 0.717) is 11.3 Å². The predicted molar refractivity (Wildman–Crippen MR) is 73.6 cm³/mol. The van der Waals surface area contributed by atoms with E-state index in [1.54, 1.807) is 18.2 Å². The van der Waals surface area contributed by atoms with Crippen LogP contribution in [0, 0.1) is 11.3 Å². The number of phenolic OH excluding ortho intramolecular Hbond substituents is 1. The van der Waals surface area contributed by atoms with Gasteiger partial charge in [-0.1, -0.05) is 35.3 Å². The molecule has 2 aromatic carbocycles. The quantitative estimate of drug-likeness (QED) is 0.925. The average Bonchev–Trinajstić information content (AvgIpc) is 2.37. The van der Waals surface area contributed by atoms with Crippen molar-refractivity contribution in [3.8, 4) is 17.6 Å². The lowest BCUT2D eigenvalue weighted by Gasteiger charge is -2.10. The van der Waals surface area contributed by atoms with Gasteiger partial charge in [0.15, 0.2) is 5.75 Å². The first-order valence-corrected chi connectivity index (χ1v) is 6.15. The fraction of sp³-hybridized carbons (Fsp3) is 0.0714. The van der Waals surface area contributed by atoms with Crippen LogP contribution in [0.5, 0.6) is 11.5 Å². The van der Waals surface area contributed by atoms with Gasteiger partial charge in [-0.3, -0.25) is 0 Å². The van der Waals surface area contributed by atoms with Crippen molar-refractivity contribution < 1.29 is 9.84 Å². The second-order valence-electron chi connectivity index (χ2n) is 3.84. The Morgan fingerprint density at radius 1 is 1.16 bits per heavy atom. The summed E-state index contributed by atoms with van der Waals surface area (Å²) in [6, 6.07) is 11.8. The minimum Gasteiger partial charge on any atom is -0.508 e. The third kappa shape index (κ3) is 3.31. The molecule has 0 aliphatic rings. The monoisotopic (exact) mass is 293 g/mol. The van der Waals surface area contributed by atoms with Gasteiger partial charge in [-0.25, -0.2) is 0 Å². The highest BCUT2D eigenvalue weighted by Gasteiger charge is 2.09. The van der Waals surface area contributed by atoms with Crippen molar-refractivity contribution in [1.29, 1.82) is 5.26 Å². The van der Waals surface area contributed by atoms with E-state index in [-0.39, 0.29) is 22.4 Å². The lowest BCUT2D eigenvalue weighted by atomic mass is 10.1. The molecule has 0 bridgehead atoms. The van der Waals surface area contributed by atoms with E-state index in [0.717, 1.165) is 5.56 Å². The lowest BCUT2D eigenvalue weighted by Crippen LogP contribution is -1.97. The smallest absolute Gasteiger partial charge is 0.157 e. The number of phenols is 1. The number of nitrogens with zero attached hydrogens (tertiary/aromatic N) is 1. The topological polar surface area (TPSA) is 53.2 Å². The van der Waals surface area contributed by atoms with Crippen molar-refractivity contribution in [3.63, 3.8) is 0 Å². The largest absolute Gasteiger partial charge is 0.508 e. The van der Waals surface area contributed by atoms with Crippen LogP contribution in [0.3, 0.4) is 0 Å². The summed E-state index contributed by atoms with van der Waals surface area (Å²) in [4.78, 5) is 0. The zero-order chi connectivity index (χ0) is 13.8. The molecule has 1 N–H and O–H groups in total. The van der Waals surface area contributed by atoms with Gasteiger partial charge in [0.25, 0.3) is 0 Å². The molecular weight excluding hydrogens is 285 g/mol. The molecule has 0 heterocycles. The maximum Gasteiger partial charge on any atom is 0.157 e. The lowest BCUT2D eigenvalue weighted by molar-refractivity contribution is 0.306. The van der Waals surface area contributed by atoms with Crippen LogP contribution in [0.2, 0.25) is 10.0 Å². The van der Waals surface area contributed by atoms with E-state index in [1.165, 1.54) is 12.1 Å². The van der Waals surface area contributed by atoms with E-state index in [9.17, 15) is 5.11 Å². The number of hydrogen-bond acceptors (Lipinski definition) is 3. The Kier molecular flexibility index (Phi) is 4.16. The predicted octanol–water partition coefficient (Wildman–Crippen LogP) is 4.15. The third-order valence-electron chi connectivity index (χ3n) is 2.42. The highest BCUT2D eigenvalue weighted by molar-refractivity contribution is 6.37. The summed E-state index contributed by atoms with van der Waals surface area (Å²) in [6.45, 7) is 0.236. The molecule has 0 aliphatic carbocycles. The van der Waals surface area contributed by atoms with Crippen molar-refractivity contribution in [2.75, 3.05) is 0 Å². The van der Waals surface area contributed by atoms with Crippen LogP contribution < -0.4 is 4.74 Å². The van der Waals surface area contributed by atoms with Crippen molar-refractivity contribution in [3.05, 3.63) is 57.6 Å². The van der Waals surface area contributed by atoms with Gasteiger partial charge in [-0.2, -0.15) is 5.26 Å². The highest BCUT2D eigenvalue weighted by Crippen LogP contribution is 2.36. The van der Waals surface area contributed by atoms with Crippen molar-refractivity contribution >= 4 is 23.2 Å². The van der Waals surface area contributed by atoms with Crippen LogP contribution in [0.1, 0.15) is 11.1 Å². The van der Waals surface area contributed by atoms with Crippen LogP contribution in [0.25, 0.3) is 0 Å². The summed E-state index contributed by atoms with van der Waals surface area (Å²) >= 11 is 11.9. The Morgan fingerprint density at radius 3 is 2.47 bits per heavy atom. The number of benzene rings is 2. The second-order valence-corrected chi connectivity index (χ2v) is 4.65. The minimum absolute atomic E-state index is 0.0196. The zero-order valence-electron chi connectivity index (χ0n) is 9.73. The molecule has 96 valence electrons. The zero-order valence-corrected chi connectivity index (χ0v) is 11.2. The Hall–Kier alpha value is -1.89. The Balaban J connectivity index is 2.17. The molecule has 0 radical (unpaired) electrons. The maximum atomic E-state index is 9.31. The molecule has 5 heteroatoms. The van der Waals surface area contributed by atoms with Crippen LogP contribution in [-0.4, -0.2) is 5.11 Å². The molecule has 0 unspecified atom stereocenters. The highest BCUT2D eigenvalue weighted by atomic mass is 35.5. The van der Waals surface area contributed by atoms with E-state index in [1.807, 2.05) is 6.07 Å². The van der Waals surface area contributed by atoms with Crippen LogP contribution >= 0.6 is 23.2 Å². The number of ether oxygens (including phenoxy) is 1. The Morgan fingerprint density at radius 2 is 1.84 bits per heavy atom. The second kappa shape index (κ2) is 5.83. The van der Waals surface area contributed by atoms with Gasteiger partial charge < -0.3 is 9.84 Å². The molecule has 0 spiro atoms. The number of hydrogen-bond donors (Lipinski definition) is 1. The van der Waals surface area contributed by atoms with Gasteiger partial charge >= 0.3 is 0 Å². The first-order valence-electron chi connectivity index (χ1n) is 5.40. The molecule has 3 nitrogen and oxygen atoms in total. The van der Waals surface area contributed by atoms with Gasteiger partial charge in [-0.05, 0) is 17.7 Å². The Bertz CT molecular complexity index is 627. The molecule has 0 atom stereocenters. The molecule has 0 saturated heterocycles. The van der Waals surface area contributed by atoms with Gasteiger partial charge in [-0.15, -0.1) is 0 Å². The standard InChI is InChI=1S/C14H9Cl2NO2/c15-12-5-11(18)6-13(16)14(12)19-8-10-3-1-2-9(4-10)7-17/h1-6,18H,8H2. The molecule has 0 amide bonds. The van der Waals surface area contributed by atoms with E-state index in [4.69, 9.17) is 33.2 Å². The summed E-state index contributed by atoms with van der Waals surface area (Å²) in [7, 11) is 0. The molecular formula is C14H9Cl2NO2. The third-order valence-corrected chi connectivity index (χ3v) is 2.98. The van der Waals surface area contributed by atoms with Gasteiger partial charge in [0.05, 0.1) is 21.7 Å². The number of halogens is 2. The van der Waals surface area contributed by atoms with E-state index >= 15 is 0 Å². The molecule has 2 aromatic rings. The molecule has 0 saturated carbocycles. The van der Waals surface area contributed by atoms with Gasteiger partial charge in [0, 0.05) is 12.1 Å². The summed E-state index contributed by atoms with van der Waals surface area (Å²) < 4.78 is 5.52. The number of aromatic hydroxyl groups is 1. The minimum atomic E-state index is -0.0196. The van der Waals surface area contributed by atoms with Crippen LogP contribution in [0.4, 0.5) is 0 Å². The molecule has 0 fully saturated rings. The fourth-order valence-corrected chi connectivity index (χ4v) is 2.16. The van der Waals surface area contributed by atoms with Crippen LogP contribution in [0.15, 0.2) is 36.4 Å². The van der Waals surface area contributed by atoms with Gasteiger partial charge in [0.1, 0.15) is 12.4 Å². The van der Waals surface area contributed by atoms with Crippen molar-refractivity contribution in [2.24, 2.45) is 0 Å². The molecule has 0 aromatic heterocycles. The SMILES string of the molecule is N#Cc1cccc(COc2c(Cl)cc(O)cc2Cl)c1. The first kappa shape index (κ1) is 13.5. The van der Waals surface area contributed by atoms with Crippen molar-refractivity contribution in [2.45, 2.75) is 6.61 Å². The van der Waals surface area contributed by atoms with Crippen LogP contribution in [-0.2, 0) is 6.61 Å². The molecule has 0 aliphatic heterocycles. The molecule has 2 rings (SSSR count). The average molecular weight is 294 g/mol. The normalized spacial score (nSPS) is 9.95. The number of nitriles is 1.